The monoisotopic (exact) mass is 486 g/mol. The molecule has 1 atom stereocenters. The Morgan fingerprint density at radius 3 is 2.77 bits per heavy atom. The lowest BCUT2D eigenvalue weighted by atomic mass is 10.0. The summed E-state index contributed by atoms with van der Waals surface area (Å²) in [6.45, 7) is 4.81. The van der Waals surface area contributed by atoms with E-state index in [1.807, 2.05) is 0 Å². The Hall–Kier alpha value is -1.23. The number of hydrogen-bond donors (Lipinski definition) is 2. The molecule has 5 nitrogen and oxygen atoms in total. The van der Waals surface area contributed by atoms with Crippen LogP contribution in [0.1, 0.15) is 32.6 Å². The number of nitrogens with one attached hydrogen (secondary N) is 1. The third-order valence-electron chi connectivity index (χ3n) is 4.20. The summed E-state index contributed by atoms with van der Waals surface area (Å²) < 4.78 is 41.2. The molecule has 148 valence electrons. The van der Waals surface area contributed by atoms with Gasteiger partial charge in [-0.15, -0.1) is 37.1 Å². The van der Waals surface area contributed by atoms with Gasteiger partial charge in [-0.05, 0) is 44.9 Å². The molecule has 1 aliphatic heterocycles. The maximum absolute atomic E-state index is 12.4. The number of benzene rings is 1. The number of piperidine rings is 1. The number of aliphatic imine (C=N–C) groups is 1. The number of hydrogen-bond acceptors (Lipinski definition) is 3. The van der Waals surface area contributed by atoms with E-state index in [-0.39, 0.29) is 41.4 Å². The van der Waals surface area contributed by atoms with Crippen LogP contribution in [-0.2, 0) is 0 Å². The summed E-state index contributed by atoms with van der Waals surface area (Å²) in [5, 5.41) is 2.67. The molecule has 1 unspecified atom stereocenters. The van der Waals surface area contributed by atoms with E-state index >= 15 is 0 Å². The first-order chi connectivity index (χ1) is 11.8. The number of likely N-dealkylation sites (tertiary alicyclic amines) is 1. The van der Waals surface area contributed by atoms with Crippen LogP contribution in [0.4, 0.5) is 18.9 Å². The van der Waals surface area contributed by atoms with E-state index < -0.39 is 6.36 Å². The maximum atomic E-state index is 12.4. The molecular weight excluding hydrogens is 460 g/mol. The number of rotatable bonds is 6. The van der Waals surface area contributed by atoms with Gasteiger partial charge in [-0.1, -0.05) is 18.6 Å². The van der Waals surface area contributed by atoms with E-state index in [9.17, 15) is 13.2 Å². The topological polar surface area (TPSA) is 62.9 Å². The highest BCUT2D eigenvalue weighted by molar-refractivity contribution is 14.0. The zero-order valence-corrected chi connectivity index (χ0v) is 17.1. The van der Waals surface area contributed by atoms with Crippen LogP contribution in [0.3, 0.4) is 0 Å². The highest BCUT2D eigenvalue weighted by atomic mass is 127. The van der Waals surface area contributed by atoms with Crippen molar-refractivity contribution in [2.75, 3.05) is 25.0 Å². The molecule has 9 heteroatoms. The normalized spacial score (nSPS) is 18.9. The Morgan fingerprint density at radius 2 is 2.08 bits per heavy atom. The lowest BCUT2D eigenvalue weighted by Crippen LogP contribution is -2.38. The molecule has 1 aromatic rings. The van der Waals surface area contributed by atoms with Crippen molar-refractivity contribution < 1.29 is 17.9 Å². The van der Waals surface area contributed by atoms with Crippen molar-refractivity contribution >= 4 is 35.6 Å². The van der Waals surface area contributed by atoms with Gasteiger partial charge >= 0.3 is 6.36 Å². The molecule has 2 rings (SSSR count). The first-order valence-electron chi connectivity index (χ1n) is 8.51. The number of nitrogens with two attached hydrogens (primary N) is 1. The van der Waals surface area contributed by atoms with Gasteiger partial charge in [0, 0.05) is 19.1 Å². The highest BCUT2D eigenvalue weighted by Gasteiger charge is 2.32. The molecule has 0 saturated carbocycles. The summed E-state index contributed by atoms with van der Waals surface area (Å²) in [5.74, 6) is -0.264. The predicted molar refractivity (Wildman–Crippen MR) is 108 cm³/mol. The van der Waals surface area contributed by atoms with Crippen LogP contribution >= 0.6 is 24.0 Å². The second-order valence-corrected chi connectivity index (χ2v) is 6.17. The number of anilines is 1. The molecule has 3 N–H and O–H groups in total. The molecule has 0 amide bonds. The fraction of sp³-hybridized carbons (Fsp3) is 0.588. The SMILES string of the molecule is CC1CCCCN1CCCN=C(N)Nc1ccccc1OC(F)(F)F.I. The van der Waals surface area contributed by atoms with E-state index in [2.05, 4.69) is 26.9 Å². The first kappa shape index (κ1) is 22.8. The van der Waals surface area contributed by atoms with Crippen LogP contribution in [0.25, 0.3) is 0 Å². The number of ether oxygens (including phenoxy) is 1. The minimum atomic E-state index is -4.76. The van der Waals surface area contributed by atoms with Crippen LogP contribution in [0, 0.1) is 0 Å². The standard InChI is InChI=1S/C17H25F3N4O.HI/c1-13-7-4-5-11-24(13)12-6-10-22-16(21)23-14-8-2-3-9-15(14)25-17(18,19)20;/h2-3,8-9,13H,4-7,10-12H2,1H3,(H3,21,22,23);1H. The fourth-order valence-corrected chi connectivity index (χ4v) is 2.92. The molecule has 0 aliphatic carbocycles. The molecule has 1 saturated heterocycles. The molecule has 1 heterocycles. The predicted octanol–water partition coefficient (Wildman–Crippen LogP) is 4.19. The van der Waals surface area contributed by atoms with Crippen molar-refractivity contribution in [2.45, 2.75) is 45.0 Å². The van der Waals surface area contributed by atoms with Crippen molar-refractivity contribution in [2.24, 2.45) is 10.7 Å². The molecular formula is C17H26F3IN4O. The van der Waals surface area contributed by atoms with Crippen molar-refractivity contribution in [3.05, 3.63) is 24.3 Å². The van der Waals surface area contributed by atoms with E-state index in [0.29, 0.717) is 12.6 Å². The third kappa shape index (κ3) is 7.98. The number of alkyl halides is 3. The molecule has 26 heavy (non-hydrogen) atoms. The first-order valence-corrected chi connectivity index (χ1v) is 8.51. The van der Waals surface area contributed by atoms with Crippen LogP contribution in [0.15, 0.2) is 29.3 Å². The van der Waals surface area contributed by atoms with Gasteiger partial charge in [-0.25, -0.2) is 0 Å². The van der Waals surface area contributed by atoms with Gasteiger partial charge in [0.25, 0.3) is 0 Å². The van der Waals surface area contributed by atoms with Crippen molar-refractivity contribution in [3.8, 4) is 5.75 Å². The number of guanidine groups is 1. The van der Waals surface area contributed by atoms with Gasteiger partial charge in [-0.3, -0.25) is 4.99 Å². The Balaban J connectivity index is 0.00000338. The summed E-state index contributed by atoms with van der Waals surface area (Å²) in [7, 11) is 0. The summed E-state index contributed by atoms with van der Waals surface area (Å²) in [4.78, 5) is 6.63. The number of nitrogens with zero attached hydrogens (tertiary/aromatic N) is 2. The lowest BCUT2D eigenvalue weighted by Gasteiger charge is -2.33. The van der Waals surface area contributed by atoms with E-state index in [1.54, 1.807) is 6.07 Å². The summed E-state index contributed by atoms with van der Waals surface area (Å²) in [6.07, 6.45) is -0.162. The van der Waals surface area contributed by atoms with Crippen LogP contribution in [-0.4, -0.2) is 42.9 Å². The van der Waals surface area contributed by atoms with Gasteiger partial charge in [0.1, 0.15) is 0 Å². The van der Waals surface area contributed by atoms with Crippen molar-refractivity contribution in [1.29, 1.82) is 0 Å². The second kappa shape index (κ2) is 10.8. The van der Waals surface area contributed by atoms with Gasteiger partial charge in [0.05, 0.1) is 5.69 Å². The van der Waals surface area contributed by atoms with Crippen molar-refractivity contribution in [1.82, 2.24) is 4.90 Å². The zero-order valence-electron chi connectivity index (χ0n) is 14.8. The lowest BCUT2D eigenvalue weighted by molar-refractivity contribution is -0.274. The molecule has 1 aromatic carbocycles. The quantitative estimate of drug-likeness (QED) is 0.274. The Bertz CT molecular complexity index is 583. The number of para-hydroxylation sites is 2. The Labute approximate surface area is 169 Å². The molecule has 0 aromatic heterocycles. The second-order valence-electron chi connectivity index (χ2n) is 6.17. The third-order valence-corrected chi connectivity index (χ3v) is 4.20. The van der Waals surface area contributed by atoms with Crippen LogP contribution in [0.5, 0.6) is 5.75 Å². The van der Waals surface area contributed by atoms with Gasteiger partial charge in [0.2, 0.25) is 0 Å². The minimum absolute atomic E-state index is 0. The summed E-state index contributed by atoms with van der Waals surface area (Å²) in [5.41, 5.74) is 5.90. The van der Waals surface area contributed by atoms with Crippen LogP contribution in [0.2, 0.25) is 0 Å². The van der Waals surface area contributed by atoms with E-state index in [1.165, 1.54) is 37.5 Å². The van der Waals surface area contributed by atoms with Gasteiger partial charge < -0.3 is 20.7 Å². The molecule has 0 radical (unpaired) electrons. The average molecular weight is 486 g/mol. The number of halogens is 4. The molecule has 0 bridgehead atoms. The Kier molecular flexibility index (Phi) is 9.48. The highest BCUT2D eigenvalue weighted by Crippen LogP contribution is 2.29. The smallest absolute Gasteiger partial charge is 0.404 e. The molecule has 1 aliphatic rings. The molecule has 0 spiro atoms. The largest absolute Gasteiger partial charge is 0.573 e. The van der Waals surface area contributed by atoms with Crippen LogP contribution < -0.4 is 15.8 Å². The van der Waals surface area contributed by atoms with E-state index in [0.717, 1.165) is 19.5 Å². The van der Waals surface area contributed by atoms with Crippen molar-refractivity contribution in [3.63, 3.8) is 0 Å². The zero-order chi connectivity index (χ0) is 18.3. The summed E-state index contributed by atoms with van der Waals surface area (Å²) in [6, 6.07) is 6.33. The summed E-state index contributed by atoms with van der Waals surface area (Å²) >= 11 is 0. The van der Waals surface area contributed by atoms with E-state index in [4.69, 9.17) is 5.73 Å². The molecule has 1 fully saturated rings. The fourth-order valence-electron chi connectivity index (χ4n) is 2.92. The average Bonchev–Trinajstić information content (AvgIpc) is 2.54. The van der Waals surface area contributed by atoms with Gasteiger partial charge in [-0.2, -0.15) is 0 Å². The maximum Gasteiger partial charge on any atom is 0.573 e. The minimum Gasteiger partial charge on any atom is -0.404 e. The Morgan fingerprint density at radius 1 is 1.35 bits per heavy atom. The van der Waals surface area contributed by atoms with Gasteiger partial charge in [0.15, 0.2) is 11.7 Å².